The highest BCUT2D eigenvalue weighted by Gasteiger charge is 2.19. The van der Waals surface area contributed by atoms with Gasteiger partial charge in [-0.25, -0.2) is 8.42 Å². The summed E-state index contributed by atoms with van der Waals surface area (Å²) < 4.78 is 23.9. The lowest BCUT2D eigenvalue weighted by Gasteiger charge is -2.10. The summed E-state index contributed by atoms with van der Waals surface area (Å²) in [6, 6.07) is 7.02. The first-order valence-corrected chi connectivity index (χ1v) is 7.00. The third kappa shape index (κ3) is 3.21. The van der Waals surface area contributed by atoms with Crippen molar-refractivity contribution in [2.75, 3.05) is 11.6 Å². The second kappa shape index (κ2) is 4.99. The largest absolute Gasteiger partial charge is 0.224 e. The molecule has 4 heteroatoms. The molecule has 0 saturated carbocycles. The van der Waals surface area contributed by atoms with Crippen LogP contribution in [-0.2, 0) is 9.84 Å². The van der Waals surface area contributed by atoms with Crippen LogP contribution in [0.5, 0.6) is 0 Å². The average molecular weight is 247 g/mol. The Morgan fingerprint density at radius 2 is 1.93 bits per heavy atom. The zero-order chi connectivity index (χ0) is 11.5. The van der Waals surface area contributed by atoms with E-state index in [4.69, 9.17) is 11.6 Å². The van der Waals surface area contributed by atoms with Crippen molar-refractivity contribution in [3.05, 3.63) is 29.8 Å². The van der Waals surface area contributed by atoms with Crippen molar-refractivity contribution in [2.45, 2.75) is 18.7 Å². The Morgan fingerprint density at radius 1 is 1.33 bits per heavy atom. The van der Waals surface area contributed by atoms with Gasteiger partial charge in [0, 0.05) is 5.88 Å². The third-order valence-electron chi connectivity index (χ3n) is 2.20. The van der Waals surface area contributed by atoms with Gasteiger partial charge >= 0.3 is 0 Å². The molecule has 0 N–H and O–H groups in total. The fourth-order valence-electron chi connectivity index (χ4n) is 1.41. The van der Waals surface area contributed by atoms with Crippen LogP contribution in [0.1, 0.15) is 12.5 Å². The van der Waals surface area contributed by atoms with Crippen molar-refractivity contribution in [1.82, 2.24) is 0 Å². The molecule has 0 radical (unpaired) electrons. The number of hydrogen-bond acceptors (Lipinski definition) is 2. The number of aryl methyl sites for hydroxylation is 1. The minimum atomic E-state index is -3.19. The molecule has 1 aromatic carbocycles. The predicted molar refractivity (Wildman–Crippen MR) is 63.1 cm³/mol. The van der Waals surface area contributed by atoms with Crippen molar-refractivity contribution in [1.29, 1.82) is 0 Å². The van der Waals surface area contributed by atoms with Gasteiger partial charge in [0.05, 0.1) is 10.6 Å². The minimum absolute atomic E-state index is 0.0173. The summed E-state index contributed by atoms with van der Waals surface area (Å²) in [4.78, 5) is 0.418. The van der Waals surface area contributed by atoms with E-state index in [1.807, 2.05) is 13.0 Å². The maximum absolute atomic E-state index is 12.0. The number of benzene rings is 1. The number of alkyl halides is 1. The highest BCUT2D eigenvalue weighted by Crippen LogP contribution is 2.18. The van der Waals surface area contributed by atoms with Crippen molar-refractivity contribution < 1.29 is 8.42 Å². The fraction of sp³-hybridized carbons (Fsp3) is 0.455. The van der Waals surface area contributed by atoms with E-state index in [1.165, 1.54) is 0 Å². The van der Waals surface area contributed by atoms with Crippen LogP contribution < -0.4 is 0 Å². The molecular formula is C11H15ClO2S. The summed E-state index contributed by atoms with van der Waals surface area (Å²) >= 11 is 5.62. The molecule has 0 spiro atoms. The highest BCUT2D eigenvalue weighted by atomic mass is 35.5. The Bertz CT molecular complexity index is 426. The monoisotopic (exact) mass is 246 g/mol. The average Bonchev–Trinajstić information content (AvgIpc) is 2.17. The Morgan fingerprint density at radius 3 is 2.47 bits per heavy atom. The smallest absolute Gasteiger partial charge is 0.178 e. The third-order valence-corrected chi connectivity index (χ3v) is 4.86. The number of hydrogen-bond donors (Lipinski definition) is 0. The Kier molecular flexibility index (Phi) is 4.17. The van der Waals surface area contributed by atoms with E-state index in [9.17, 15) is 8.42 Å². The molecule has 1 rings (SSSR count). The Balaban J connectivity index is 3.02. The molecule has 0 aliphatic heterocycles. The summed E-state index contributed by atoms with van der Waals surface area (Å²) in [7, 11) is -3.19. The lowest BCUT2D eigenvalue weighted by atomic mass is 10.2. The van der Waals surface area contributed by atoms with E-state index in [1.54, 1.807) is 25.1 Å². The van der Waals surface area contributed by atoms with Crippen LogP contribution in [-0.4, -0.2) is 20.1 Å². The standard InChI is InChI=1S/C11H15ClO2S/c1-9(7-12)8-15(13,14)11-6-4-3-5-10(11)2/h3-6,9H,7-8H2,1-2H3. The number of sulfone groups is 1. The molecule has 0 aliphatic rings. The van der Waals surface area contributed by atoms with Crippen LogP contribution in [0.3, 0.4) is 0 Å². The van der Waals surface area contributed by atoms with Crippen LogP contribution in [0.15, 0.2) is 29.2 Å². The van der Waals surface area contributed by atoms with Gasteiger partial charge in [0.1, 0.15) is 0 Å². The molecule has 0 aliphatic carbocycles. The van der Waals surface area contributed by atoms with Crippen LogP contribution in [0.25, 0.3) is 0 Å². The maximum Gasteiger partial charge on any atom is 0.178 e. The van der Waals surface area contributed by atoms with Gasteiger partial charge in [0.2, 0.25) is 0 Å². The first kappa shape index (κ1) is 12.5. The fourth-order valence-corrected chi connectivity index (χ4v) is 3.54. The Labute approximate surface area is 96.2 Å². The van der Waals surface area contributed by atoms with Gasteiger partial charge in [0.15, 0.2) is 9.84 Å². The molecule has 1 unspecified atom stereocenters. The summed E-state index contributed by atoms with van der Waals surface area (Å²) in [6.07, 6.45) is 0. The van der Waals surface area contributed by atoms with Crippen molar-refractivity contribution in [2.24, 2.45) is 5.92 Å². The predicted octanol–water partition coefficient (Wildman–Crippen LogP) is 2.64. The van der Waals surface area contributed by atoms with Gasteiger partial charge in [-0.1, -0.05) is 25.1 Å². The van der Waals surface area contributed by atoms with Gasteiger partial charge in [-0.2, -0.15) is 0 Å². The van der Waals surface area contributed by atoms with Crippen LogP contribution in [0.4, 0.5) is 0 Å². The van der Waals surface area contributed by atoms with Crippen LogP contribution in [0.2, 0.25) is 0 Å². The molecule has 1 aromatic rings. The molecular weight excluding hydrogens is 232 g/mol. The molecule has 0 bridgehead atoms. The molecule has 0 amide bonds. The van der Waals surface area contributed by atoms with Gasteiger partial charge in [-0.3, -0.25) is 0 Å². The molecule has 15 heavy (non-hydrogen) atoms. The summed E-state index contributed by atoms with van der Waals surface area (Å²) in [5, 5.41) is 0. The number of halogens is 1. The Hall–Kier alpha value is -0.540. The summed E-state index contributed by atoms with van der Waals surface area (Å²) in [5.74, 6) is 0.461. The second-order valence-corrected chi connectivity index (χ2v) is 6.12. The lowest BCUT2D eigenvalue weighted by molar-refractivity contribution is 0.582. The molecule has 0 fully saturated rings. The molecule has 0 heterocycles. The van der Waals surface area contributed by atoms with E-state index in [0.717, 1.165) is 5.56 Å². The number of rotatable bonds is 4. The molecule has 0 saturated heterocycles. The molecule has 0 aromatic heterocycles. The van der Waals surface area contributed by atoms with Crippen molar-refractivity contribution >= 4 is 21.4 Å². The van der Waals surface area contributed by atoms with E-state index >= 15 is 0 Å². The molecule has 84 valence electrons. The van der Waals surface area contributed by atoms with Gasteiger partial charge < -0.3 is 0 Å². The molecule has 1 atom stereocenters. The maximum atomic E-state index is 12.0. The van der Waals surface area contributed by atoms with Gasteiger partial charge in [-0.15, -0.1) is 11.6 Å². The van der Waals surface area contributed by atoms with E-state index in [-0.39, 0.29) is 11.7 Å². The topological polar surface area (TPSA) is 34.1 Å². The van der Waals surface area contributed by atoms with Gasteiger partial charge in [-0.05, 0) is 24.5 Å². The van der Waals surface area contributed by atoms with E-state index in [0.29, 0.717) is 10.8 Å². The zero-order valence-corrected chi connectivity index (χ0v) is 10.5. The summed E-state index contributed by atoms with van der Waals surface area (Å²) in [5.41, 5.74) is 0.791. The zero-order valence-electron chi connectivity index (χ0n) is 8.90. The first-order valence-electron chi connectivity index (χ1n) is 4.81. The van der Waals surface area contributed by atoms with Crippen LogP contribution in [0, 0.1) is 12.8 Å². The van der Waals surface area contributed by atoms with Gasteiger partial charge in [0.25, 0.3) is 0 Å². The lowest BCUT2D eigenvalue weighted by Crippen LogP contribution is -2.16. The highest BCUT2D eigenvalue weighted by molar-refractivity contribution is 7.91. The second-order valence-electron chi connectivity index (χ2n) is 3.81. The van der Waals surface area contributed by atoms with Crippen molar-refractivity contribution in [3.63, 3.8) is 0 Å². The first-order chi connectivity index (χ1) is 6.97. The minimum Gasteiger partial charge on any atom is -0.224 e. The van der Waals surface area contributed by atoms with Crippen LogP contribution >= 0.6 is 11.6 Å². The normalized spacial score (nSPS) is 13.8. The molecule has 2 nitrogen and oxygen atoms in total. The van der Waals surface area contributed by atoms with E-state index < -0.39 is 9.84 Å². The summed E-state index contributed by atoms with van der Waals surface area (Å²) in [6.45, 7) is 3.64. The van der Waals surface area contributed by atoms with Crippen molar-refractivity contribution in [3.8, 4) is 0 Å². The SMILES string of the molecule is Cc1ccccc1S(=O)(=O)CC(C)CCl. The quantitative estimate of drug-likeness (QED) is 0.766. The van der Waals surface area contributed by atoms with E-state index in [2.05, 4.69) is 0 Å².